The number of ether oxygens (including phenoxy) is 2. The maximum atomic E-state index is 11.6. The number of halogens is 2. The number of methoxy groups -OCH3 is 1. The highest BCUT2D eigenvalue weighted by Crippen LogP contribution is 2.45. The number of carbonyl (C=O) groups excluding carboxylic acids is 1. The number of rotatable bonds is 8. The van der Waals surface area contributed by atoms with Crippen molar-refractivity contribution in [1.82, 2.24) is 5.16 Å². The summed E-state index contributed by atoms with van der Waals surface area (Å²) in [5, 5.41) is 5.59. The molecule has 0 N–H and O–H groups in total. The van der Waals surface area contributed by atoms with E-state index in [1.165, 1.54) is 7.11 Å². The fourth-order valence-corrected chi connectivity index (χ4v) is 4.72. The number of esters is 1. The molecule has 7 heteroatoms. The monoisotopic (exact) mass is 533 g/mol. The van der Waals surface area contributed by atoms with E-state index in [1.54, 1.807) is 18.2 Å². The Morgan fingerprint density at radius 2 is 1.84 bits per heavy atom. The minimum atomic E-state index is -0.362. The molecular weight excluding hydrogens is 509 g/mol. The topological polar surface area (TPSA) is 61.6 Å². The molecule has 0 atom stereocenters. The summed E-state index contributed by atoms with van der Waals surface area (Å²) in [5.74, 6) is 1.53. The van der Waals surface area contributed by atoms with Crippen molar-refractivity contribution in [1.29, 1.82) is 0 Å². The average molecular weight is 534 g/mol. The molecule has 37 heavy (non-hydrogen) atoms. The maximum Gasteiger partial charge on any atom is 0.337 e. The molecular formula is C30H25Cl2NO4. The van der Waals surface area contributed by atoms with Gasteiger partial charge in [0.15, 0.2) is 0 Å². The molecule has 5 rings (SSSR count). The van der Waals surface area contributed by atoms with Crippen LogP contribution in [-0.4, -0.2) is 18.2 Å². The first-order chi connectivity index (χ1) is 17.9. The lowest BCUT2D eigenvalue weighted by Gasteiger charge is -2.11. The Hall–Kier alpha value is -3.54. The summed E-state index contributed by atoms with van der Waals surface area (Å²) in [4.78, 5) is 11.6. The second-order valence-corrected chi connectivity index (χ2v) is 9.81. The van der Waals surface area contributed by atoms with Gasteiger partial charge >= 0.3 is 5.97 Å². The number of nitrogens with zero attached hydrogens (tertiary/aromatic N) is 1. The van der Waals surface area contributed by atoms with Crippen molar-refractivity contribution in [3.8, 4) is 17.0 Å². The molecule has 1 aliphatic rings. The zero-order valence-electron chi connectivity index (χ0n) is 20.5. The lowest BCUT2D eigenvalue weighted by Crippen LogP contribution is -2.00. The van der Waals surface area contributed by atoms with E-state index in [0.717, 1.165) is 52.1 Å². The Balaban J connectivity index is 1.32. The first-order valence-corrected chi connectivity index (χ1v) is 12.7. The number of hydrogen-bond acceptors (Lipinski definition) is 5. The molecule has 4 aromatic rings. The van der Waals surface area contributed by atoms with Crippen LogP contribution in [0.15, 0.2) is 65.2 Å². The van der Waals surface area contributed by atoms with E-state index in [0.29, 0.717) is 33.9 Å². The molecule has 188 valence electrons. The van der Waals surface area contributed by atoms with Crippen molar-refractivity contribution in [2.24, 2.45) is 0 Å². The van der Waals surface area contributed by atoms with Crippen LogP contribution in [0.3, 0.4) is 0 Å². The van der Waals surface area contributed by atoms with E-state index in [-0.39, 0.29) is 5.97 Å². The standard InChI is InChI=1S/C30H25Cl2NO4/c1-18-4-3-5-25(31)27(18)28-24(29(37-33-28)21-12-13-21)17-36-23-15-14-20(26(32)16-23)9-6-19-7-10-22(11-8-19)30(34)35-2/h3-11,14-16,21H,12-13,17H2,1-2H3/b9-6+. The van der Waals surface area contributed by atoms with Gasteiger partial charge in [0.25, 0.3) is 0 Å². The predicted octanol–water partition coefficient (Wildman–Crippen LogP) is 8.37. The molecule has 5 nitrogen and oxygen atoms in total. The van der Waals surface area contributed by atoms with Gasteiger partial charge in [0.1, 0.15) is 23.8 Å². The molecule has 0 bridgehead atoms. The summed E-state index contributed by atoms with van der Waals surface area (Å²) >= 11 is 13.1. The van der Waals surface area contributed by atoms with Gasteiger partial charge in [0.2, 0.25) is 0 Å². The van der Waals surface area contributed by atoms with Crippen LogP contribution in [0.2, 0.25) is 10.0 Å². The van der Waals surface area contributed by atoms with Gasteiger partial charge in [-0.05, 0) is 72.9 Å². The number of hydrogen-bond donors (Lipinski definition) is 0. The third kappa shape index (κ3) is 5.58. The summed E-state index contributed by atoms with van der Waals surface area (Å²) in [7, 11) is 1.36. The second kappa shape index (κ2) is 10.8. The summed E-state index contributed by atoms with van der Waals surface area (Å²) < 4.78 is 16.7. The summed E-state index contributed by atoms with van der Waals surface area (Å²) in [6, 6.07) is 18.5. The van der Waals surface area contributed by atoms with Gasteiger partial charge in [-0.3, -0.25) is 0 Å². The Kier molecular flexibility index (Phi) is 7.36. The van der Waals surface area contributed by atoms with Crippen LogP contribution >= 0.6 is 23.2 Å². The molecule has 1 saturated carbocycles. The minimum absolute atomic E-state index is 0.299. The highest BCUT2D eigenvalue weighted by atomic mass is 35.5. The molecule has 0 unspecified atom stereocenters. The van der Waals surface area contributed by atoms with E-state index in [9.17, 15) is 4.79 Å². The molecule has 0 amide bonds. The lowest BCUT2D eigenvalue weighted by molar-refractivity contribution is 0.0600. The predicted molar refractivity (Wildman–Crippen MR) is 146 cm³/mol. The van der Waals surface area contributed by atoms with E-state index < -0.39 is 0 Å². The van der Waals surface area contributed by atoms with Gasteiger partial charge in [-0.2, -0.15) is 0 Å². The zero-order chi connectivity index (χ0) is 25.9. The molecule has 1 fully saturated rings. The highest BCUT2D eigenvalue weighted by molar-refractivity contribution is 6.33. The van der Waals surface area contributed by atoms with E-state index in [4.69, 9.17) is 37.2 Å². The van der Waals surface area contributed by atoms with Crippen molar-refractivity contribution in [3.63, 3.8) is 0 Å². The summed E-state index contributed by atoms with van der Waals surface area (Å²) in [6.07, 6.45) is 6.02. The molecule has 0 saturated heterocycles. The summed E-state index contributed by atoms with van der Waals surface area (Å²) in [5.41, 5.74) is 5.85. The largest absolute Gasteiger partial charge is 0.489 e. The smallest absolute Gasteiger partial charge is 0.337 e. The number of benzene rings is 3. The first kappa shape index (κ1) is 25.1. The highest BCUT2D eigenvalue weighted by Gasteiger charge is 2.33. The van der Waals surface area contributed by atoms with Crippen LogP contribution < -0.4 is 4.74 Å². The van der Waals surface area contributed by atoms with Gasteiger partial charge < -0.3 is 14.0 Å². The van der Waals surface area contributed by atoms with Crippen LogP contribution in [0.25, 0.3) is 23.4 Å². The zero-order valence-corrected chi connectivity index (χ0v) is 22.0. The number of aromatic nitrogens is 1. The summed E-state index contributed by atoms with van der Waals surface area (Å²) in [6.45, 7) is 2.31. The third-order valence-electron chi connectivity index (χ3n) is 6.37. The fraction of sp³-hybridized carbons (Fsp3) is 0.200. The normalized spacial score (nSPS) is 13.2. The molecule has 0 aliphatic heterocycles. The van der Waals surface area contributed by atoms with E-state index in [1.807, 2.05) is 61.5 Å². The fourth-order valence-electron chi connectivity index (χ4n) is 4.18. The molecule has 3 aromatic carbocycles. The van der Waals surface area contributed by atoms with E-state index in [2.05, 4.69) is 5.16 Å². The Morgan fingerprint density at radius 1 is 1.05 bits per heavy atom. The van der Waals surface area contributed by atoms with Gasteiger partial charge in [-0.1, -0.05) is 64.8 Å². The van der Waals surface area contributed by atoms with Crippen LogP contribution in [0.5, 0.6) is 5.75 Å². The van der Waals surface area contributed by atoms with Crippen LogP contribution in [0.1, 0.15) is 57.1 Å². The van der Waals surface area contributed by atoms with Crippen molar-refractivity contribution >= 4 is 41.3 Å². The molecule has 1 aromatic heterocycles. The average Bonchev–Trinajstić information content (AvgIpc) is 3.67. The number of carbonyl (C=O) groups is 1. The van der Waals surface area contributed by atoms with E-state index >= 15 is 0 Å². The lowest BCUT2D eigenvalue weighted by atomic mass is 10.0. The van der Waals surface area contributed by atoms with Crippen molar-refractivity contribution < 1.29 is 18.8 Å². The molecule has 0 radical (unpaired) electrons. The van der Waals surface area contributed by atoms with Crippen molar-refractivity contribution in [3.05, 3.63) is 104 Å². The second-order valence-electron chi connectivity index (χ2n) is 9.00. The van der Waals surface area contributed by atoms with Gasteiger partial charge in [0.05, 0.1) is 28.3 Å². The first-order valence-electron chi connectivity index (χ1n) is 12.0. The van der Waals surface area contributed by atoms with Crippen molar-refractivity contribution in [2.75, 3.05) is 7.11 Å². The quantitative estimate of drug-likeness (QED) is 0.168. The van der Waals surface area contributed by atoms with Gasteiger partial charge in [-0.25, -0.2) is 4.79 Å². The Labute approximate surface area is 225 Å². The van der Waals surface area contributed by atoms with Gasteiger partial charge in [0, 0.05) is 11.5 Å². The van der Waals surface area contributed by atoms with Crippen LogP contribution in [0, 0.1) is 6.92 Å². The van der Waals surface area contributed by atoms with Crippen LogP contribution in [-0.2, 0) is 11.3 Å². The number of aryl methyl sites for hydroxylation is 1. The van der Waals surface area contributed by atoms with Crippen LogP contribution in [0.4, 0.5) is 0 Å². The Morgan fingerprint density at radius 3 is 2.51 bits per heavy atom. The molecule has 1 aliphatic carbocycles. The third-order valence-corrected chi connectivity index (χ3v) is 7.01. The Bertz CT molecular complexity index is 1450. The maximum absolute atomic E-state index is 11.6. The van der Waals surface area contributed by atoms with Gasteiger partial charge in [-0.15, -0.1) is 0 Å². The minimum Gasteiger partial charge on any atom is -0.489 e. The molecule has 1 heterocycles. The van der Waals surface area contributed by atoms with Crippen molar-refractivity contribution in [2.45, 2.75) is 32.3 Å². The SMILES string of the molecule is COC(=O)c1ccc(/C=C/c2ccc(OCc3c(-c4c(C)cccc4Cl)noc3C3CC3)cc2Cl)cc1. The molecule has 0 spiro atoms.